The Kier molecular flexibility index (Phi) is 2.94. The van der Waals surface area contributed by atoms with Gasteiger partial charge in [-0.3, -0.25) is 0 Å². The molecule has 15 heavy (non-hydrogen) atoms. The molecule has 2 unspecified atom stereocenters. The highest BCUT2D eigenvalue weighted by molar-refractivity contribution is 9.09. The van der Waals surface area contributed by atoms with Crippen molar-refractivity contribution in [3.63, 3.8) is 0 Å². The average Bonchev–Trinajstić information content (AvgIpc) is 2.87. The molecule has 1 heteroatoms. The van der Waals surface area contributed by atoms with E-state index in [0.29, 0.717) is 10.2 Å². The number of hydrogen-bond donors (Lipinski definition) is 0. The van der Waals surface area contributed by atoms with Crippen LogP contribution in [0.3, 0.4) is 0 Å². The molecule has 0 nitrogen and oxygen atoms in total. The van der Waals surface area contributed by atoms with E-state index >= 15 is 0 Å². The lowest BCUT2D eigenvalue weighted by molar-refractivity contribution is 0.555. The smallest absolute Gasteiger partial charge is 0.0428 e. The molecule has 0 aliphatic heterocycles. The van der Waals surface area contributed by atoms with Gasteiger partial charge in [0.2, 0.25) is 0 Å². The standard InChI is InChI=1S/C14H19Br/c1-4-10-5-7-11(8-6-10)13(15)12-9-14(12,2)3/h5-8,12-13H,4,9H2,1-3H3. The number of alkyl halides is 1. The van der Waals surface area contributed by atoms with Crippen LogP contribution in [0.25, 0.3) is 0 Å². The van der Waals surface area contributed by atoms with Crippen LogP contribution in [0.5, 0.6) is 0 Å². The molecule has 0 N–H and O–H groups in total. The zero-order valence-corrected chi connectivity index (χ0v) is 11.3. The highest BCUT2D eigenvalue weighted by Gasteiger charge is 2.49. The van der Waals surface area contributed by atoms with Gasteiger partial charge in [0.05, 0.1) is 0 Å². The van der Waals surface area contributed by atoms with Gasteiger partial charge in [-0.2, -0.15) is 0 Å². The first-order valence-corrected chi connectivity index (χ1v) is 6.69. The SMILES string of the molecule is CCc1ccc(C(Br)C2CC2(C)C)cc1. The summed E-state index contributed by atoms with van der Waals surface area (Å²) in [5.41, 5.74) is 3.40. The summed E-state index contributed by atoms with van der Waals surface area (Å²) >= 11 is 3.83. The highest BCUT2D eigenvalue weighted by Crippen LogP contribution is 2.60. The topological polar surface area (TPSA) is 0 Å². The average molecular weight is 267 g/mol. The molecule has 1 aromatic carbocycles. The van der Waals surface area contributed by atoms with Crippen molar-refractivity contribution in [1.82, 2.24) is 0 Å². The van der Waals surface area contributed by atoms with Crippen molar-refractivity contribution >= 4 is 15.9 Å². The Morgan fingerprint density at radius 2 is 1.87 bits per heavy atom. The van der Waals surface area contributed by atoms with Crippen molar-refractivity contribution in [2.24, 2.45) is 11.3 Å². The molecular formula is C14H19Br. The van der Waals surface area contributed by atoms with E-state index in [2.05, 4.69) is 61.0 Å². The molecule has 0 amide bonds. The first kappa shape index (κ1) is 11.2. The van der Waals surface area contributed by atoms with E-state index in [-0.39, 0.29) is 0 Å². The quantitative estimate of drug-likeness (QED) is 0.694. The van der Waals surface area contributed by atoms with Gasteiger partial charge in [0.15, 0.2) is 0 Å². The van der Waals surface area contributed by atoms with Gasteiger partial charge in [-0.25, -0.2) is 0 Å². The molecule has 0 aromatic heterocycles. The van der Waals surface area contributed by atoms with Gasteiger partial charge in [-0.15, -0.1) is 0 Å². The predicted octanol–water partition coefficient (Wildman–Crippen LogP) is 4.73. The van der Waals surface area contributed by atoms with Gasteiger partial charge >= 0.3 is 0 Å². The highest BCUT2D eigenvalue weighted by atomic mass is 79.9. The molecule has 1 aromatic rings. The lowest BCUT2D eigenvalue weighted by atomic mass is 10.0. The molecule has 0 heterocycles. The van der Waals surface area contributed by atoms with Crippen LogP contribution in [-0.2, 0) is 6.42 Å². The summed E-state index contributed by atoms with van der Waals surface area (Å²) in [7, 11) is 0. The zero-order valence-electron chi connectivity index (χ0n) is 9.76. The first-order chi connectivity index (χ1) is 7.04. The van der Waals surface area contributed by atoms with Crippen LogP contribution in [0.4, 0.5) is 0 Å². The van der Waals surface area contributed by atoms with Crippen LogP contribution >= 0.6 is 15.9 Å². The van der Waals surface area contributed by atoms with Gasteiger partial charge in [-0.1, -0.05) is 61.0 Å². The Morgan fingerprint density at radius 1 is 1.33 bits per heavy atom. The van der Waals surface area contributed by atoms with E-state index in [1.165, 1.54) is 17.5 Å². The lowest BCUT2D eigenvalue weighted by Crippen LogP contribution is -1.98. The molecule has 1 saturated carbocycles. The van der Waals surface area contributed by atoms with Gasteiger partial charge in [-0.05, 0) is 35.3 Å². The summed E-state index contributed by atoms with van der Waals surface area (Å²) in [4.78, 5) is 0.540. The van der Waals surface area contributed by atoms with Crippen LogP contribution in [0.15, 0.2) is 24.3 Å². The lowest BCUT2D eigenvalue weighted by Gasteiger charge is -2.12. The Balaban J connectivity index is 2.10. The minimum absolute atomic E-state index is 0.539. The van der Waals surface area contributed by atoms with Gasteiger partial charge in [0.25, 0.3) is 0 Å². The molecule has 2 rings (SSSR count). The number of halogens is 1. The number of rotatable bonds is 3. The zero-order chi connectivity index (χ0) is 11.1. The van der Waals surface area contributed by atoms with Crippen molar-refractivity contribution in [1.29, 1.82) is 0 Å². The first-order valence-electron chi connectivity index (χ1n) is 5.77. The minimum atomic E-state index is 0.539. The summed E-state index contributed by atoms with van der Waals surface area (Å²) in [5, 5.41) is 0. The molecule has 82 valence electrons. The van der Waals surface area contributed by atoms with Crippen molar-refractivity contribution in [2.75, 3.05) is 0 Å². The molecule has 1 fully saturated rings. The molecule has 0 bridgehead atoms. The van der Waals surface area contributed by atoms with Crippen molar-refractivity contribution in [3.8, 4) is 0 Å². The summed E-state index contributed by atoms with van der Waals surface area (Å²) < 4.78 is 0. The van der Waals surface area contributed by atoms with E-state index in [9.17, 15) is 0 Å². The van der Waals surface area contributed by atoms with E-state index in [1.54, 1.807) is 0 Å². The minimum Gasteiger partial charge on any atom is -0.0836 e. The number of aryl methyl sites for hydroxylation is 1. The summed E-state index contributed by atoms with van der Waals surface area (Å²) in [6.07, 6.45) is 2.47. The molecular weight excluding hydrogens is 248 g/mol. The number of hydrogen-bond acceptors (Lipinski definition) is 0. The number of benzene rings is 1. The summed E-state index contributed by atoms with van der Waals surface area (Å²) in [6, 6.07) is 9.04. The Morgan fingerprint density at radius 3 is 2.27 bits per heavy atom. The van der Waals surface area contributed by atoms with Crippen LogP contribution < -0.4 is 0 Å². The third-order valence-corrected chi connectivity index (χ3v) is 4.82. The Bertz CT molecular complexity index is 337. The summed E-state index contributed by atoms with van der Waals surface area (Å²) in [5.74, 6) is 0.810. The second kappa shape index (κ2) is 3.93. The molecule has 1 aliphatic rings. The predicted molar refractivity (Wildman–Crippen MR) is 69.4 cm³/mol. The maximum atomic E-state index is 3.83. The van der Waals surface area contributed by atoms with E-state index < -0.39 is 0 Å². The summed E-state index contributed by atoms with van der Waals surface area (Å²) in [6.45, 7) is 6.91. The molecule has 1 aliphatic carbocycles. The van der Waals surface area contributed by atoms with Crippen molar-refractivity contribution in [3.05, 3.63) is 35.4 Å². The fraction of sp³-hybridized carbons (Fsp3) is 0.571. The molecule has 0 spiro atoms. The van der Waals surface area contributed by atoms with Crippen LogP contribution in [0, 0.1) is 11.3 Å². The largest absolute Gasteiger partial charge is 0.0836 e. The van der Waals surface area contributed by atoms with Crippen LogP contribution in [0.1, 0.15) is 43.1 Å². The maximum absolute atomic E-state index is 3.83. The van der Waals surface area contributed by atoms with Gasteiger partial charge in [0.1, 0.15) is 0 Å². The second-order valence-electron chi connectivity index (χ2n) is 5.30. The van der Waals surface area contributed by atoms with Gasteiger partial charge < -0.3 is 0 Å². The van der Waals surface area contributed by atoms with Crippen molar-refractivity contribution < 1.29 is 0 Å². The molecule has 0 radical (unpaired) electrons. The van der Waals surface area contributed by atoms with E-state index in [4.69, 9.17) is 0 Å². The van der Waals surface area contributed by atoms with E-state index in [0.717, 1.165) is 12.3 Å². The fourth-order valence-corrected chi connectivity index (χ4v) is 3.38. The Hall–Kier alpha value is -0.300. The fourth-order valence-electron chi connectivity index (χ4n) is 2.18. The molecule has 0 saturated heterocycles. The second-order valence-corrected chi connectivity index (χ2v) is 6.28. The maximum Gasteiger partial charge on any atom is 0.0428 e. The normalized spacial score (nSPS) is 24.9. The van der Waals surface area contributed by atoms with E-state index in [1.807, 2.05) is 0 Å². The third kappa shape index (κ3) is 2.28. The molecule has 2 atom stereocenters. The monoisotopic (exact) mass is 266 g/mol. The Labute approximate surface area is 101 Å². The van der Waals surface area contributed by atoms with Crippen LogP contribution in [0.2, 0.25) is 0 Å². The third-order valence-electron chi connectivity index (χ3n) is 3.65. The van der Waals surface area contributed by atoms with Gasteiger partial charge in [0, 0.05) is 4.83 Å². The van der Waals surface area contributed by atoms with Crippen LogP contribution in [-0.4, -0.2) is 0 Å². The van der Waals surface area contributed by atoms with Crippen molar-refractivity contribution in [2.45, 2.75) is 38.4 Å².